The molecule has 20 rings (SSSR count). The average Bonchev–Trinajstić information content (AvgIpc) is 1.69. The number of rotatable bonds is 15. The summed E-state index contributed by atoms with van der Waals surface area (Å²) in [5.74, 6) is 3.59. The first-order valence-corrected chi connectivity index (χ1v) is 38.2. The maximum atomic E-state index is 17.1. The van der Waals surface area contributed by atoms with Crippen molar-refractivity contribution in [1.82, 2.24) is 68.9 Å². The minimum Gasteiger partial charge on any atom is -0.308 e. The van der Waals surface area contributed by atoms with E-state index in [4.69, 9.17) is 59.8 Å². The lowest BCUT2D eigenvalue weighted by Crippen LogP contribution is -2.14. The Morgan fingerprint density at radius 3 is 0.642 bits per heavy atom. The van der Waals surface area contributed by atoms with Gasteiger partial charge < -0.3 is 9.13 Å². The van der Waals surface area contributed by atoms with Crippen molar-refractivity contribution in [2.45, 2.75) is 12.4 Å². The smallest absolute Gasteiger partial charge is 0.308 e. The Kier molecular flexibility index (Phi) is 18.1. The molecule has 6 heterocycles. The molecule has 570 valence electrons. The molecule has 0 unspecified atom stereocenters. The van der Waals surface area contributed by atoms with E-state index < -0.39 is 29.0 Å². The Morgan fingerprint density at radius 1 is 0.225 bits per heavy atom. The van der Waals surface area contributed by atoms with Crippen molar-refractivity contribution < 1.29 is 26.3 Å². The van der Waals surface area contributed by atoms with Crippen LogP contribution >= 0.6 is 0 Å². The number of hydrogen-bond acceptors (Lipinski definition) is 13. The highest BCUT2D eigenvalue weighted by Gasteiger charge is 2.40. The first-order valence-electron chi connectivity index (χ1n) is 38.2. The van der Waals surface area contributed by atoms with E-state index in [2.05, 4.69) is 6.07 Å². The van der Waals surface area contributed by atoms with Crippen molar-refractivity contribution in [1.29, 1.82) is 5.26 Å². The first kappa shape index (κ1) is 72.7. The molecule has 0 radical (unpaired) electrons. The molecule has 0 atom stereocenters. The van der Waals surface area contributed by atoms with Gasteiger partial charge in [-0.15, -0.1) is 0 Å². The van der Waals surface area contributed by atoms with E-state index in [0.717, 1.165) is 6.07 Å². The van der Waals surface area contributed by atoms with Gasteiger partial charge in [0.25, 0.3) is 0 Å². The van der Waals surface area contributed by atoms with E-state index in [1.807, 2.05) is 315 Å². The number of aromatic nitrogens is 14. The third-order valence-corrected chi connectivity index (χ3v) is 21.0. The topological polar surface area (TPSA) is 188 Å². The van der Waals surface area contributed by atoms with Crippen molar-refractivity contribution in [2.75, 3.05) is 0 Å². The number of fused-ring (bicyclic) bond motifs is 6. The van der Waals surface area contributed by atoms with Crippen LogP contribution in [0, 0.1) is 11.3 Å². The molecule has 0 aliphatic rings. The summed E-state index contributed by atoms with van der Waals surface area (Å²) in [5.41, 5.74) is 4.22. The summed E-state index contributed by atoms with van der Waals surface area (Å²) < 4.78 is 101. The van der Waals surface area contributed by atoms with E-state index in [1.54, 1.807) is 9.13 Å². The maximum absolute atomic E-state index is 17.1. The van der Waals surface area contributed by atoms with Crippen LogP contribution in [0.15, 0.2) is 346 Å². The predicted molar refractivity (Wildman–Crippen MR) is 454 cm³/mol. The van der Waals surface area contributed by atoms with Crippen molar-refractivity contribution in [3.8, 4) is 165 Å². The van der Waals surface area contributed by atoms with Crippen LogP contribution in [-0.4, -0.2) is 68.9 Å². The fourth-order valence-corrected chi connectivity index (χ4v) is 15.3. The molecule has 0 saturated heterocycles. The molecular formula is C99H57F6N15. The van der Waals surface area contributed by atoms with Gasteiger partial charge in [-0.2, -0.15) is 31.6 Å². The lowest BCUT2D eigenvalue weighted by atomic mass is 9.92. The van der Waals surface area contributed by atoms with Gasteiger partial charge >= 0.3 is 12.4 Å². The molecule has 0 aliphatic carbocycles. The summed E-state index contributed by atoms with van der Waals surface area (Å²) in [4.78, 5) is 61.1. The van der Waals surface area contributed by atoms with E-state index in [9.17, 15) is 5.26 Å². The second kappa shape index (κ2) is 29.9. The molecule has 6 aromatic heterocycles. The van der Waals surface area contributed by atoms with E-state index >= 15 is 26.3 Å². The molecule has 0 bridgehead atoms. The Balaban J connectivity index is 0.932. The van der Waals surface area contributed by atoms with Gasteiger partial charge in [-0.25, -0.2) is 59.8 Å². The zero-order chi connectivity index (χ0) is 81.2. The van der Waals surface area contributed by atoms with Gasteiger partial charge in [-0.1, -0.05) is 297 Å². The Labute approximate surface area is 680 Å². The van der Waals surface area contributed by atoms with Crippen LogP contribution in [0.1, 0.15) is 16.7 Å². The van der Waals surface area contributed by atoms with Gasteiger partial charge in [0.2, 0.25) is 0 Å². The zero-order valence-corrected chi connectivity index (χ0v) is 62.9. The summed E-state index contributed by atoms with van der Waals surface area (Å²) in [7, 11) is 0. The minimum absolute atomic E-state index is 0.0706. The Bertz CT molecular complexity index is 6430. The van der Waals surface area contributed by atoms with Gasteiger partial charge in [-0.3, -0.25) is 0 Å². The highest BCUT2D eigenvalue weighted by Crippen LogP contribution is 2.50. The molecule has 15 nitrogen and oxygen atoms in total. The van der Waals surface area contributed by atoms with Crippen LogP contribution in [0.2, 0.25) is 0 Å². The number of benzene rings is 14. The number of halogens is 6. The maximum Gasteiger partial charge on any atom is 0.417 e. The molecule has 0 fully saturated rings. The van der Waals surface area contributed by atoms with E-state index in [0.29, 0.717) is 163 Å². The molecule has 120 heavy (non-hydrogen) atoms. The summed E-state index contributed by atoms with van der Waals surface area (Å²) in [5, 5.41) is 14.2. The minimum atomic E-state index is -5.49. The predicted octanol–water partition coefficient (Wildman–Crippen LogP) is 24.2. The average molecular weight is 1570 g/mol. The van der Waals surface area contributed by atoms with Gasteiger partial charge in [0.15, 0.2) is 69.9 Å². The normalized spacial score (nSPS) is 11.7. The molecular weight excluding hydrogens is 1510 g/mol. The van der Waals surface area contributed by atoms with E-state index in [-0.39, 0.29) is 51.9 Å². The van der Waals surface area contributed by atoms with Gasteiger partial charge in [-0.05, 0) is 54.1 Å². The molecule has 0 N–H and O–H groups in total. The molecule has 0 aliphatic heterocycles. The number of alkyl halides is 6. The zero-order valence-electron chi connectivity index (χ0n) is 62.9. The van der Waals surface area contributed by atoms with Crippen LogP contribution in [0.3, 0.4) is 0 Å². The summed E-state index contributed by atoms with van der Waals surface area (Å²) >= 11 is 0. The Hall–Kier alpha value is -16.2. The summed E-state index contributed by atoms with van der Waals surface area (Å²) in [6.07, 6.45) is -10.7. The first-order chi connectivity index (χ1) is 58.7. The van der Waals surface area contributed by atoms with Crippen molar-refractivity contribution >= 4 is 43.6 Å². The van der Waals surface area contributed by atoms with Crippen LogP contribution in [-0.2, 0) is 12.4 Å². The third kappa shape index (κ3) is 13.7. The highest BCUT2D eigenvalue weighted by molar-refractivity contribution is 6.14. The largest absolute Gasteiger partial charge is 0.417 e. The van der Waals surface area contributed by atoms with Gasteiger partial charge in [0.05, 0.1) is 56.2 Å². The lowest BCUT2D eigenvalue weighted by Gasteiger charge is -2.24. The fourth-order valence-electron chi connectivity index (χ4n) is 15.3. The second-order valence-electron chi connectivity index (χ2n) is 28.5. The summed E-state index contributed by atoms with van der Waals surface area (Å²) in [6.45, 7) is 0. The number of hydrogen-bond donors (Lipinski definition) is 0. The van der Waals surface area contributed by atoms with Crippen molar-refractivity contribution in [3.63, 3.8) is 0 Å². The fraction of sp³-hybridized carbons (Fsp3) is 0.0202. The van der Waals surface area contributed by atoms with Crippen molar-refractivity contribution in [2.24, 2.45) is 0 Å². The van der Waals surface area contributed by atoms with Crippen LogP contribution in [0.5, 0.6) is 0 Å². The third-order valence-electron chi connectivity index (χ3n) is 21.0. The molecule has 20 aromatic rings. The lowest BCUT2D eigenvalue weighted by molar-refractivity contribution is -0.142. The standard InChI is InChI=1S/C99H57F6N15/c100-98(101,102)72-45-50-77(78(57-72)99(103,104)105)85-83(119-79-53-68(94-111-86(60-25-9-1-10-26-60)107-87(112-94)61-27-11-2-12-28-61)41-46-73(79)74-47-42-69(54-80(74)119)95-113-88(62-29-13-3-14-30-62)108-89(114-95)63-31-15-4-16-32-63)51-59(58-106)52-84(85)120-81-55-70(96-115-90(64-33-17-5-18-34-64)109-91(116-96)65-35-19-6-20-36-65)43-48-75(81)76-49-44-71(56-82(76)120)97-117-92(66-37-21-7-22-38-66)110-93(118-97)67-39-23-8-24-40-67/h1-57H. The number of nitrogens with zero attached hydrogens (tertiary/aromatic N) is 15. The second-order valence-corrected chi connectivity index (χ2v) is 28.5. The van der Waals surface area contributed by atoms with Crippen LogP contribution < -0.4 is 0 Å². The number of nitriles is 1. The van der Waals surface area contributed by atoms with Crippen LogP contribution in [0.25, 0.3) is 203 Å². The van der Waals surface area contributed by atoms with Gasteiger partial charge in [0, 0.05) is 93.9 Å². The van der Waals surface area contributed by atoms with Crippen molar-refractivity contribution in [3.05, 3.63) is 362 Å². The van der Waals surface area contributed by atoms with Gasteiger partial charge in [0.1, 0.15) is 0 Å². The Morgan fingerprint density at radius 2 is 0.442 bits per heavy atom. The SMILES string of the molecule is N#Cc1cc(-n2c3cc(-c4nc(-c5ccccc5)nc(-c5ccccc5)n4)ccc3c3ccc(-c4nc(-c5ccccc5)nc(-c5ccccc5)n4)cc32)c(-c2ccc(C(F)(F)F)cc2C(F)(F)F)c(-n2c3cc(-c4nc(-c5ccccc5)nc(-c5ccccc5)n4)ccc3c3ccc(-c4nc(-c5ccccc5)nc(-c5ccccc5)n4)cc32)c1. The molecule has 21 heteroatoms. The molecule has 0 spiro atoms. The van der Waals surface area contributed by atoms with Crippen LogP contribution in [0.4, 0.5) is 26.3 Å². The highest BCUT2D eigenvalue weighted by atomic mass is 19.4. The molecule has 0 amide bonds. The molecule has 14 aromatic carbocycles. The molecule has 0 saturated carbocycles. The quantitative estimate of drug-likeness (QED) is 0.0883. The summed E-state index contributed by atoms with van der Waals surface area (Å²) in [6, 6.07) is 104. The monoisotopic (exact) mass is 1570 g/mol. The van der Waals surface area contributed by atoms with E-state index in [1.165, 1.54) is 12.1 Å².